The molecule has 0 aliphatic heterocycles. The lowest BCUT2D eigenvalue weighted by Gasteiger charge is -2.07. The largest absolute Gasteiger partial charge is 0.497 e. The summed E-state index contributed by atoms with van der Waals surface area (Å²) in [6.45, 7) is 1.84. The molecule has 2 aromatic carbocycles. The van der Waals surface area contributed by atoms with Crippen molar-refractivity contribution in [3.05, 3.63) is 53.8 Å². The van der Waals surface area contributed by atoms with E-state index in [1.807, 2.05) is 13.0 Å². The summed E-state index contributed by atoms with van der Waals surface area (Å²) in [5.41, 5.74) is 2.74. The highest BCUT2D eigenvalue weighted by atomic mass is 16.5. The number of hydrogen-bond donors (Lipinski definition) is 2. The van der Waals surface area contributed by atoms with Crippen LogP contribution < -0.4 is 15.4 Å². The molecule has 1 saturated carbocycles. The normalized spacial score (nSPS) is 13.4. The van der Waals surface area contributed by atoms with E-state index in [0.29, 0.717) is 17.0 Å². The standard InChI is InChI=1S/C21H20N2O4/c1-12-17-11-16(26-2)9-10-18(17)27-19(12)21(25)23-15-7-5-14(6-8-15)22-20(24)13-3-4-13/h5-11,13H,3-4H2,1-2H3,(H,22,24)(H,23,25). The van der Waals surface area contributed by atoms with Crippen LogP contribution in [0.5, 0.6) is 5.75 Å². The van der Waals surface area contributed by atoms with E-state index in [4.69, 9.17) is 9.15 Å². The van der Waals surface area contributed by atoms with E-state index in [-0.39, 0.29) is 23.5 Å². The van der Waals surface area contributed by atoms with Crippen molar-refractivity contribution in [1.82, 2.24) is 0 Å². The molecule has 138 valence electrons. The summed E-state index contributed by atoms with van der Waals surface area (Å²) >= 11 is 0. The van der Waals surface area contributed by atoms with E-state index >= 15 is 0 Å². The molecule has 1 aromatic heterocycles. The summed E-state index contributed by atoms with van der Waals surface area (Å²) < 4.78 is 10.9. The van der Waals surface area contributed by atoms with E-state index < -0.39 is 0 Å². The number of furan rings is 1. The maximum absolute atomic E-state index is 12.6. The van der Waals surface area contributed by atoms with Crippen LogP contribution in [0.1, 0.15) is 29.0 Å². The quantitative estimate of drug-likeness (QED) is 0.705. The van der Waals surface area contributed by atoms with Crippen molar-refractivity contribution in [3.63, 3.8) is 0 Å². The molecule has 0 saturated heterocycles. The molecule has 6 nitrogen and oxygen atoms in total. The number of methoxy groups -OCH3 is 1. The van der Waals surface area contributed by atoms with E-state index in [1.54, 1.807) is 43.5 Å². The smallest absolute Gasteiger partial charge is 0.291 e. The number of ether oxygens (including phenoxy) is 1. The summed E-state index contributed by atoms with van der Waals surface area (Å²) in [4.78, 5) is 24.4. The number of carbonyl (C=O) groups excluding carboxylic acids is 2. The monoisotopic (exact) mass is 364 g/mol. The Morgan fingerprint density at radius 1 is 1.04 bits per heavy atom. The Bertz CT molecular complexity index is 1020. The number of nitrogens with one attached hydrogen (secondary N) is 2. The maximum atomic E-state index is 12.6. The van der Waals surface area contributed by atoms with Gasteiger partial charge in [-0.05, 0) is 62.2 Å². The minimum Gasteiger partial charge on any atom is -0.497 e. The topological polar surface area (TPSA) is 80.6 Å². The number of aryl methyl sites for hydroxylation is 1. The minimum atomic E-state index is -0.322. The number of hydrogen-bond acceptors (Lipinski definition) is 4. The third-order valence-electron chi connectivity index (χ3n) is 4.71. The van der Waals surface area contributed by atoms with Gasteiger partial charge in [0, 0.05) is 28.2 Å². The lowest BCUT2D eigenvalue weighted by Crippen LogP contribution is -2.14. The van der Waals surface area contributed by atoms with Gasteiger partial charge in [-0.1, -0.05) is 0 Å². The molecule has 0 radical (unpaired) electrons. The van der Waals surface area contributed by atoms with Gasteiger partial charge in [-0.3, -0.25) is 9.59 Å². The molecule has 3 aromatic rings. The van der Waals surface area contributed by atoms with Gasteiger partial charge in [0.1, 0.15) is 11.3 Å². The van der Waals surface area contributed by atoms with E-state index in [2.05, 4.69) is 10.6 Å². The zero-order chi connectivity index (χ0) is 19.0. The first-order valence-electron chi connectivity index (χ1n) is 8.84. The Morgan fingerprint density at radius 3 is 2.33 bits per heavy atom. The fraction of sp³-hybridized carbons (Fsp3) is 0.238. The van der Waals surface area contributed by atoms with Gasteiger partial charge in [-0.15, -0.1) is 0 Å². The fourth-order valence-electron chi connectivity index (χ4n) is 2.96. The molecular weight excluding hydrogens is 344 g/mol. The van der Waals surface area contributed by atoms with Crippen molar-refractivity contribution in [2.75, 3.05) is 17.7 Å². The van der Waals surface area contributed by atoms with Gasteiger partial charge >= 0.3 is 0 Å². The Kier molecular flexibility index (Phi) is 4.32. The van der Waals surface area contributed by atoms with Crippen LogP contribution in [0.15, 0.2) is 46.9 Å². The number of carbonyl (C=O) groups is 2. The predicted octanol–water partition coefficient (Wildman–Crippen LogP) is 4.35. The van der Waals surface area contributed by atoms with Gasteiger partial charge in [0.2, 0.25) is 5.91 Å². The van der Waals surface area contributed by atoms with Gasteiger partial charge < -0.3 is 19.8 Å². The number of benzene rings is 2. The van der Waals surface area contributed by atoms with Crippen LogP contribution in [0, 0.1) is 12.8 Å². The fourth-order valence-corrected chi connectivity index (χ4v) is 2.96. The second-order valence-corrected chi connectivity index (χ2v) is 6.71. The molecule has 1 aliphatic rings. The van der Waals surface area contributed by atoms with Crippen LogP contribution in [0.3, 0.4) is 0 Å². The first-order chi connectivity index (χ1) is 13.0. The third kappa shape index (κ3) is 3.51. The molecule has 0 spiro atoms. The highest BCUT2D eigenvalue weighted by molar-refractivity contribution is 6.06. The number of anilines is 2. The summed E-state index contributed by atoms with van der Waals surface area (Å²) in [7, 11) is 1.60. The maximum Gasteiger partial charge on any atom is 0.291 e. The zero-order valence-corrected chi connectivity index (χ0v) is 15.2. The van der Waals surface area contributed by atoms with Crippen molar-refractivity contribution >= 4 is 34.2 Å². The highest BCUT2D eigenvalue weighted by Crippen LogP contribution is 2.31. The van der Waals surface area contributed by atoms with Crippen molar-refractivity contribution in [3.8, 4) is 5.75 Å². The summed E-state index contributed by atoms with van der Waals surface area (Å²) in [6, 6.07) is 12.5. The average Bonchev–Trinajstić information content (AvgIpc) is 3.47. The molecule has 1 aliphatic carbocycles. The van der Waals surface area contributed by atoms with Crippen LogP contribution in [0.4, 0.5) is 11.4 Å². The van der Waals surface area contributed by atoms with Gasteiger partial charge in [-0.25, -0.2) is 0 Å². The molecule has 0 bridgehead atoms. The molecule has 1 fully saturated rings. The molecule has 4 rings (SSSR count). The lowest BCUT2D eigenvalue weighted by atomic mass is 10.1. The van der Waals surface area contributed by atoms with Crippen LogP contribution in [-0.4, -0.2) is 18.9 Å². The number of amides is 2. The second kappa shape index (κ2) is 6.79. The first-order valence-corrected chi connectivity index (χ1v) is 8.84. The molecule has 1 heterocycles. The molecule has 6 heteroatoms. The second-order valence-electron chi connectivity index (χ2n) is 6.71. The Balaban J connectivity index is 1.49. The van der Waals surface area contributed by atoms with Gasteiger partial charge in [-0.2, -0.15) is 0 Å². The molecule has 2 amide bonds. The summed E-state index contributed by atoms with van der Waals surface area (Å²) in [5.74, 6) is 0.864. The van der Waals surface area contributed by atoms with Crippen LogP contribution >= 0.6 is 0 Å². The zero-order valence-electron chi connectivity index (χ0n) is 15.2. The first kappa shape index (κ1) is 17.1. The molecular formula is C21H20N2O4. The Labute approximate surface area is 156 Å². The molecule has 2 N–H and O–H groups in total. The van der Waals surface area contributed by atoms with Gasteiger partial charge in [0.15, 0.2) is 5.76 Å². The van der Waals surface area contributed by atoms with Crippen molar-refractivity contribution in [2.24, 2.45) is 5.92 Å². The van der Waals surface area contributed by atoms with Crippen molar-refractivity contribution in [2.45, 2.75) is 19.8 Å². The third-order valence-corrected chi connectivity index (χ3v) is 4.71. The van der Waals surface area contributed by atoms with E-state index in [0.717, 1.165) is 29.5 Å². The van der Waals surface area contributed by atoms with Crippen LogP contribution in [0.2, 0.25) is 0 Å². The molecule has 0 unspecified atom stereocenters. The molecule has 0 atom stereocenters. The highest BCUT2D eigenvalue weighted by Gasteiger charge is 2.29. The summed E-state index contributed by atoms with van der Waals surface area (Å²) in [6.07, 6.45) is 1.92. The van der Waals surface area contributed by atoms with Crippen molar-refractivity contribution < 1.29 is 18.7 Å². The van der Waals surface area contributed by atoms with Gasteiger partial charge in [0.25, 0.3) is 5.91 Å². The van der Waals surface area contributed by atoms with E-state index in [9.17, 15) is 9.59 Å². The number of rotatable bonds is 5. The summed E-state index contributed by atoms with van der Waals surface area (Å²) in [5, 5.41) is 6.54. The lowest BCUT2D eigenvalue weighted by molar-refractivity contribution is -0.117. The average molecular weight is 364 g/mol. The molecule has 27 heavy (non-hydrogen) atoms. The van der Waals surface area contributed by atoms with E-state index in [1.165, 1.54) is 0 Å². The minimum absolute atomic E-state index is 0.0557. The van der Waals surface area contributed by atoms with Crippen LogP contribution in [0.25, 0.3) is 11.0 Å². The van der Waals surface area contributed by atoms with Gasteiger partial charge in [0.05, 0.1) is 7.11 Å². The Hall–Kier alpha value is -3.28. The number of fused-ring (bicyclic) bond motifs is 1. The SMILES string of the molecule is COc1ccc2oc(C(=O)Nc3ccc(NC(=O)C4CC4)cc3)c(C)c2c1. The Morgan fingerprint density at radius 2 is 1.70 bits per heavy atom. The predicted molar refractivity (Wildman–Crippen MR) is 103 cm³/mol. The van der Waals surface area contributed by atoms with Crippen molar-refractivity contribution in [1.29, 1.82) is 0 Å². The van der Waals surface area contributed by atoms with Crippen LogP contribution in [-0.2, 0) is 4.79 Å².